The van der Waals surface area contributed by atoms with Crippen molar-refractivity contribution in [2.24, 2.45) is 5.92 Å². The van der Waals surface area contributed by atoms with E-state index in [0.717, 1.165) is 25.1 Å². The van der Waals surface area contributed by atoms with Gasteiger partial charge in [0, 0.05) is 30.6 Å². The van der Waals surface area contributed by atoms with E-state index in [1.165, 1.54) is 2.88 Å². The first-order valence-electron chi connectivity index (χ1n) is 5.94. The molecule has 0 aromatic carbocycles. The number of nitrogens with zero attached hydrogens (tertiary/aromatic N) is 1. The number of rotatable bonds is 1. The van der Waals surface area contributed by atoms with Crippen LogP contribution >= 0.6 is 33.9 Å². The van der Waals surface area contributed by atoms with Gasteiger partial charge in [-0.25, -0.2) is 0 Å². The summed E-state index contributed by atoms with van der Waals surface area (Å²) >= 11 is 3.91. The number of thiophene rings is 1. The molecular formula is C12H15IN2OS. The number of hydrogen-bond donors (Lipinski definition) is 1. The van der Waals surface area contributed by atoms with Crippen LogP contribution in [0.15, 0.2) is 11.4 Å². The van der Waals surface area contributed by atoms with Crippen LogP contribution in [0, 0.1) is 8.80 Å². The van der Waals surface area contributed by atoms with Gasteiger partial charge in [0.25, 0.3) is 5.91 Å². The van der Waals surface area contributed by atoms with Crippen LogP contribution in [-0.2, 0) is 0 Å². The van der Waals surface area contributed by atoms with Gasteiger partial charge in [0.1, 0.15) is 0 Å². The van der Waals surface area contributed by atoms with Gasteiger partial charge >= 0.3 is 0 Å². The summed E-state index contributed by atoms with van der Waals surface area (Å²) in [5, 5.41) is 5.37. The molecule has 5 heteroatoms. The molecule has 0 saturated carbocycles. The molecule has 1 aromatic rings. The molecule has 2 fully saturated rings. The summed E-state index contributed by atoms with van der Waals surface area (Å²) in [4.78, 5) is 14.6. The zero-order valence-electron chi connectivity index (χ0n) is 9.65. The van der Waals surface area contributed by atoms with E-state index < -0.39 is 0 Å². The Kier molecular flexibility index (Phi) is 3.16. The fraction of sp³-hybridized carbons (Fsp3) is 0.583. The Balaban J connectivity index is 1.85. The Morgan fingerprint density at radius 2 is 2.41 bits per heavy atom. The molecule has 1 amide bonds. The Morgan fingerprint density at radius 1 is 1.59 bits per heavy atom. The Morgan fingerprint density at radius 3 is 3.12 bits per heavy atom. The maximum atomic E-state index is 12.5. The molecule has 3 rings (SSSR count). The monoisotopic (exact) mass is 362 g/mol. The van der Waals surface area contributed by atoms with Crippen LogP contribution in [0.4, 0.5) is 0 Å². The van der Waals surface area contributed by atoms with Crippen molar-refractivity contribution in [2.75, 3.05) is 13.1 Å². The smallest absolute Gasteiger partial charge is 0.255 e. The van der Waals surface area contributed by atoms with Gasteiger partial charge in [-0.3, -0.25) is 4.79 Å². The molecule has 3 atom stereocenters. The lowest BCUT2D eigenvalue weighted by Crippen LogP contribution is -2.42. The fourth-order valence-electron chi connectivity index (χ4n) is 3.09. The molecule has 92 valence electrons. The highest BCUT2D eigenvalue weighted by molar-refractivity contribution is 14.1. The second kappa shape index (κ2) is 4.51. The number of carbonyl (C=O) groups is 1. The molecule has 2 aliphatic heterocycles. The van der Waals surface area contributed by atoms with E-state index in [1.807, 2.05) is 11.4 Å². The highest BCUT2D eigenvalue weighted by Gasteiger charge is 2.44. The molecule has 1 aromatic heterocycles. The lowest BCUT2D eigenvalue weighted by molar-refractivity contribution is 0.0682. The quantitative estimate of drug-likeness (QED) is 0.777. The summed E-state index contributed by atoms with van der Waals surface area (Å²) in [5.41, 5.74) is 0.860. The normalized spacial score (nSPS) is 31.9. The first-order chi connectivity index (χ1) is 8.16. The van der Waals surface area contributed by atoms with E-state index in [0.29, 0.717) is 18.0 Å². The topological polar surface area (TPSA) is 32.3 Å². The van der Waals surface area contributed by atoms with Crippen molar-refractivity contribution in [3.63, 3.8) is 0 Å². The molecular weight excluding hydrogens is 347 g/mol. The summed E-state index contributed by atoms with van der Waals surface area (Å²) < 4.78 is 1.18. The molecule has 0 radical (unpaired) electrons. The van der Waals surface area contributed by atoms with E-state index in [1.54, 1.807) is 11.3 Å². The average molecular weight is 362 g/mol. The van der Waals surface area contributed by atoms with Crippen LogP contribution in [0.5, 0.6) is 0 Å². The van der Waals surface area contributed by atoms with Gasteiger partial charge in [0.15, 0.2) is 0 Å². The Hall–Kier alpha value is -0.140. The molecule has 0 bridgehead atoms. The van der Waals surface area contributed by atoms with Crippen LogP contribution in [-0.4, -0.2) is 36.0 Å². The summed E-state index contributed by atoms with van der Waals surface area (Å²) in [6.07, 6.45) is 1.14. The van der Waals surface area contributed by atoms with E-state index in [2.05, 4.69) is 39.7 Å². The van der Waals surface area contributed by atoms with Crippen molar-refractivity contribution in [1.82, 2.24) is 10.2 Å². The van der Waals surface area contributed by atoms with Crippen molar-refractivity contribution >= 4 is 39.8 Å². The SMILES string of the molecule is CC1CC2CNCC2N1C(=O)c1csc(I)c1. The summed E-state index contributed by atoms with van der Waals surface area (Å²) in [6.45, 7) is 4.20. The minimum absolute atomic E-state index is 0.216. The van der Waals surface area contributed by atoms with Crippen molar-refractivity contribution in [3.8, 4) is 0 Å². The van der Waals surface area contributed by atoms with Gasteiger partial charge in [0.05, 0.1) is 8.45 Å². The van der Waals surface area contributed by atoms with Crippen LogP contribution in [0.2, 0.25) is 0 Å². The molecule has 3 heterocycles. The second-order valence-electron chi connectivity index (χ2n) is 4.92. The second-order valence-corrected chi connectivity index (χ2v) is 7.73. The van der Waals surface area contributed by atoms with E-state index in [-0.39, 0.29) is 5.91 Å². The van der Waals surface area contributed by atoms with Crippen molar-refractivity contribution in [3.05, 3.63) is 19.9 Å². The average Bonchev–Trinajstić information content (AvgIpc) is 2.92. The molecule has 3 unspecified atom stereocenters. The fourth-order valence-corrected chi connectivity index (χ4v) is 4.41. The van der Waals surface area contributed by atoms with Crippen molar-refractivity contribution in [1.29, 1.82) is 0 Å². The minimum Gasteiger partial charge on any atom is -0.331 e. The number of amides is 1. The zero-order valence-corrected chi connectivity index (χ0v) is 12.6. The molecule has 2 aliphatic rings. The van der Waals surface area contributed by atoms with Crippen LogP contribution in [0.25, 0.3) is 0 Å². The number of nitrogens with one attached hydrogen (secondary N) is 1. The molecule has 17 heavy (non-hydrogen) atoms. The number of halogens is 1. The molecule has 0 aliphatic carbocycles. The maximum Gasteiger partial charge on any atom is 0.255 e. The van der Waals surface area contributed by atoms with Crippen LogP contribution in [0.1, 0.15) is 23.7 Å². The molecule has 0 spiro atoms. The van der Waals surface area contributed by atoms with Gasteiger partial charge in [-0.1, -0.05) is 0 Å². The first-order valence-corrected chi connectivity index (χ1v) is 7.90. The van der Waals surface area contributed by atoms with E-state index >= 15 is 0 Å². The van der Waals surface area contributed by atoms with Crippen LogP contribution < -0.4 is 5.32 Å². The standard InChI is InChI=1S/C12H15IN2OS/c1-7-2-8-4-14-5-10(8)15(7)12(16)9-3-11(13)17-6-9/h3,6-8,10,14H,2,4-5H2,1H3. The van der Waals surface area contributed by atoms with E-state index in [9.17, 15) is 4.79 Å². The predicted octanol–water partition coefficient (Wildman–Crippen LogP) is 2.18. The third kappa shape index (κ3) is 2.02. The van der Waals surface area contributed by atoms with Gasteiger partial charge < -0.3 is 10.2 Å². The Bertz CT molecular complexity index is 447. The van der Waals surface area contributed by atoms with Gasteiger partial charge in [-0.05, 0) is 47.9 Å². The molecule has 1 N–H and O–H groups in total. The first kappa shape index (κ1) is 11.9. The largest absolute Gasteiger partial charge is 0.331 e. The summed E-state index contributed by atoms with van der Waals surface area (Å²) in [7, 11) is 0. The van der Waals surface area contributed by atoms with Crippen molar-refractivity contribution < 1.29 is 4.79 Å². The maximum absolute atomic E-state index is 12.5. The Labute approximate surface area is 119 Å². The summed E-state index contributed by atoms with van der Waals surface area (Å²) in [6, 6.07) is 2.79. The van der Waals surface area contributed by atoms with Gasteiger partial charge in [-0.2, -0.15) is 0 Å². The number of fused-ring (bicyclic) bond motifs is 1. The number of likely N-dealkylation sites (tertiary alicyclic amines) is 1. The highest BCUT2D eigenvalue weighted by atomic mass is 127. The number of hydrogen-bond acceptors (Lipinski definition) is 3. The van der Waals surface area contributed by atoms with Crippen molar-refractivity contribution in [2.45, 2.75) is 25.4 Å². The van der Waals surface area contributed by atoms with Gasteiger partial charge in [-0.15, -0.1) is 11.3 Å². The van der Waals surface area contributed by atoms with Crippen LogP contribution in [0.3, 0.4) is 0 Å². The van der Waals surface area contributed by atoms with Gasteiger partial charge in [0.2, 0.25) is 0 Å². The van der Waals surface area contributed by atoms with E-state index in [4.69, 9.17) is 0 Å². The molecule has 2 saturated heterocycles. The lowest BCUT2D eigenvalue weighted by Gasteiger charge is -2.27. The third-order valence-electron chi connectivity index (χ3n) is 3.83. The zero-order chi connectivity index (χ0) is 12.0. The minimum atomic E-state index is 0.216. The lowest BCUT2D eigenvalue weighted by atomic mass is 10.0. The summed E-state index contributed by atoms with van der Waals surface area (Å²) in [5.74, 6) is 0.875. The molecule has 3 nitrogen and oxygen atoms in total. The third-order valence-corrected chi connectivity index (χ3v) is 5.62. The number of carbonyl (C=O) groups excluding carboxylic acids is 1. The highest BCUT2D eigenvalue weighted by Crippen LogP contribution is 2.33. The predicted molar refractivity (Wildman–Crippen MR) is 77.4 cm³/mol.